The minimum Gasteiger partial charge on any atom is -0.496 e. The Morgan fingerprint density at radius 1 is 0.704 bits per heavy atom. The molecule has 0 atom stereocenters. The smallest absolute Gasteiger partial charge is 0.126 e. The van der Waals surface area contributed by atoms with Gasteiger partial charge in [0.05, 0.1) is 14.2 Å². The third kappa shape index (κ3) is 3.83. The second kappa shape index (κ2) is 8.74. The number of benzene rings is 3. The highest BCUT2D eigenvalue weighted by Gasteiger charge is 2.16. The molecule has 27 heavy (non-hydrogen) atoms. The van der Waals surface area contributed by atoms with Crippen LogP contribution in [0.2, 0.25) is 0 Å². The van der Waals surface area contributed by atoms with Gasteiger partial charge in [-0.25, -0.2) is 0 Å². The first-order valence-corrected chi connectivity index (χ1v) is 9.36. The van der Waals surface area contributed by atoms with Gasteiger partial charge >= 0.3 is 0 Å². The lowest BCUT2D eigenvalue weighted by Gasteiger charge is -2.19. The van der Waals surface area contributed by atoms with Gasteiger partial charge in [-0.2, -0.15) is 0 Å². The van der Waals surface area contributed by atoms with Crippen molar-refractivity contribution in [1.29, 1.82) is 0 Å². The Bertz CT molecular complexity index is 918. The van der Waals surface area contributed by atoms with Crippen LogP contribution in [-0.2, 0) is 12.8 Å². The average molecular weight is 361 g/mol. The van der Waals surface area contributed by atoms with Gasteiger partial charge in [0, 0.05) is 11.1 Å². The van der Waals surface area contributed by atoms with Crippen LogP contribution < -0.4 is 15.2 Å². The average Bonchev–Trinajstić information content (AvgIpc) is 2.73. The second-order valence-electron chi connectivity index (χ2n) is 6.46. The van der Waals surface area contributed by atoms with Crippen molar-refractivity contribution in [3.63, 3.8) is 0 Å². The van der Waals surface area contributed by atoms with E-state index in [1.54, 1.807) is 14.2 Å². The summed E-state index contributed by atoms with van der Waals surface area (Å²) in [4.78, 5) is 0. The van der Waals surface area contributed by atoms with Crippen molar-refractivity contribution in [2.75, 3.05) is 20.8 Å². The predicted octanol–water partition coefficient (Wildman–Crippen LogP) is 5.10. The van der Waals surface area contributed by atoms with Gasteiger partial charge in [-0.15, -0.1) is 0 Å². The van der Waals surface area contributed by atoms with Crippen molar-refractivity contribution in [3.8, 4) is 33.8 Å². The Kier molecular flexibility index (Phi) is 6.15. The van der Waals surface area contributed by atoms with Gasteiger partial charge in [-0.1, -0.05) is 55.5 Å². The SMILES string of the molecule is CCc1cc(-c2ccccc2OC)c(CCN)cc1-c1ccccc1OC. The van der Waals surface area contributed by atoms with Crippen LogP contribution in [0.3, 0.4) is 0 Å². The number of aryl methyl sites for hydroxylation is 1. The Labute approximate surface area is 161 Å². The predicted molar refractivity (Wildman–Crippen MR) is 113 cm³/mol. The summed E-state index contributed by atoms with van der Waals surface area (Å²) in [6.45, 7) is 2.78. The van der Waals surface area contributed by atoms with E-state index in [4.69, 9.17) is 15.2 Å². The molecule has 3 aromatic rings. The molecule has 0 heterocycles. The molecule has 0 aliphatic heterocycles. The van der Waals surface area contributed by atoms with Gasteiger partial charge in [0.25, 0.3) is 0 Å². The summed E-state index contributed by atoms with van der Waals surface area (Å²) in [6.07, 6.45) is 1.73. The Hall–Kier alpha value is -2.78. The molecule has 3 nitrogen and oxygen atoms in total. The van der Waals surface area contributed by atoms with Crippen molar-refractivity contribution in [1.82, 2.24) is 0 Å². The van der Waals surface area contributed by atoms with Gasteiger partial charge in [-0.3, -0.25) is 0 Å². The molecule has 0 fully saturated rings. The fourth-order valence-corrected chi connectivity index (χ4v) is 3.58. The fraction of sp³-hybridized carbons (Fsp3) is 0.250. The maximum Gasteiger partial charge on any atom is 0.126 e. The molecule has 0 aliphatic carbocycles. The maximum atomic E-state index is 5.94. The van der Waals surface area contributed by atoms with Crippen molar-refractivity contribution in [2.45, 2.75) is 19.8 Å². The van der Waals surface area contributed by atoms with Crippen molar-refractivity contribution in [3.05, 3.63) is 71.8 Å². The highest BCUT2D eigenvalue weighted by molar-refractivity contribution is 5.81. The third-order valence-electron chi connectivity index (χ3n) is 4.92. The van der Waals surface area contributed by atoms with Gasteiger partial charge in [0.1, 0.15) is 11.5 Å². The zero-order valence-corrected chi connectivity index (χ0v) is 16.3. The van der Waals surface area contributed by atoms with Crippen molar-refractivity contribution >= 4 is 0 Å². The van der Waals surface area contributed by atoms with E-state index >= 15 is 0 Å². The minimum absolute atomic E-state index is 0.596. The van der Waals surface area contributed by atoms with E-state index in [0.29, 0.717) is 6.54 Å². The molecule has 3 rings (SSSR count). The Morgan fingerprint density at radius 3 is 1.67 bits per heavy atom. The van der Waals surface area contributed by atoms with Gasteiger partial charge < -0.3 is 15.2 Å². The van der Waals surface area contributed by atoms with Crippen LogP contribution in [0.25, 0.3) is 22.3 Å². The van der Waals surface area contributed by atoms with Crippen molar-refractivity contribution < 1.29 is 9.47 Å². The van der Waals surface area contributed by atoms with E-state index in [1.165, 1.54) is 22.3 Å². The summed E-state index contributed by atoms with van der Waals surface area (Å²) in [5.74, 6) is 1.76. The summed E-state index contributed by atoms with van der Waals surface area (Å²) in [5.41, 5.74) is 13.0. The molecule has 0 bridgehead atoms. The highest BCUT2D eigenvalue weighted by Crippen LogP contribution is 2.39. The van der Waals surface area contributed by atoms with Crippen LogP contribution in [-0.4, -0.2) is 20.8 Å². The number of hydrogen-bond donors (Lipinski definition) is 1. The standard InChI is InChI=1S/C24H27NO2/c1-4-17-15-22(20-10-6-8-12-24(20)27-3)18(13-14-25)16-21(17)19-9-5-7-11-23(19)26-2/h5-12,15-16H,4,13-14,25H2,1-3H3. The second-order valence-corrected chi connectivity index (χ2v) is 6.46. The lowest BCUT2D eigenvalue weighted by atomic mass is 9.88. The van der Waals surface area contributed by atoms with Crippen LogP contribution in [0.15, 0.2) is 60.7 Å². The number of methoxy groups -OCH3 is 2. The van der Waals surface area contributed by atoms with E-state index in [-0.39, 0.29) is 0 Å². The van der Waals surface area contributed by atoms with Crippen LogP contribution in [0.4, 0.5) is 0 Å². The lowest BCUT2D eigenvalue weighted by molar-refractivity contribution is 0.416. The quantitative estimate of drug-likeness (QED) is 0.637. The molecule has 0 unspecified atom stereocenters. The summed E-state index contributed by atoms with van der Waals surface area (Å²) in [6, 6.07) is 20.9. The third-order valence-corrected chi connectivity index (χ3v) is 4.92. The molecule has 3 aromatic carbocycles. The van der Waals surface area contributed by atoms with Gasteiger partial charge in [0.15, 0.2) is 0 Å². The molecule has 0 radical (unpaired) electrons. The summed E-state index contributed by atoms with van der Waals surface area (Å²) >= 11 is 0. The largest absolute Gasteiger partial charge is 0.496 e. The number of ether oxygens (including phenoxy) is 2. The van der Waals surface area contributed by atoms with Gasteiger partial charge in [0.2, 0.25) is 0 Å². The monoisotopic (exact) mass is 361 g/mol. The normalized spacial score (nSPS) is 10.7. The summed E-state index contributed by atoms with van der Waals surface area (Å²) in [5, 5.41) is 0. The molecule has 0 spiro atoms. The first-order chi connectivity index (χ1) is 13.2. The number of para-hydroxylation sites is 2. The van der Waals surface area contributed by atoms with Crippen LogP contribution in [0, 0.1) is 0 Å². The van der Waals surface area contributed by atoms with Crippen LogP contribution in [0.1, 0.15) is 18.1 Å². The lowest BCUT2D eigenvalue weighted by Crippen LogP contribution is -2.06. The molecule has 0 aliphatic rings. The molecule has 0 amide bonds. The Balaban J connectivity index is 2.26. The number of rotatable bonds is 7. The molecule has 140 valence electrons. The molecular weight excluding hydrogens is 334 g/mol. The van der Waals surface area contributed by atoms with E-state index in [1.807, 2.05) is 36.4 Å². The minimum atomic E-state index is 0.596. The zero-order valence-electron chi connectivity index (χ0n) is 16.3. The molecule has 0 saturated heterocycles. The molecule has 2 N–H and O–H groups in total. The maximum absolute atomic E-state index is 5.94. The first kappa shape index (κ1) is 19.0. The van der Waals surface area contributed by atoms with E-state index in [2.05, 4.69) is 31.2 Å². The van der Waals surface area contributed by atoms with E-state index in [0.717, 1.165) is 35.5 Å². The Morgan fingerprint density at radius 2 is 1.19 bits per heavy atom. The summed E-state index contributed by atoms with van der Waals surface area (Å²) < 4.78 is 11.2. The number of hydrogen-bond acceptors (Lipinski definition) is 3. The first-order valence-electron chi connectivity index (χ1n) is 9.36. The zero-order chi connectivity index (χ0) is 19.2. The van der Waals surface area contributed by atoms with Crippen molar-refractivity contribution in [2.24, 2.45) is 5.73 Å². The number of nitrogens with two attached hydrogens (primary N) is 1. The molecule has 0 aromatic heterocycles. The molecular formula is C24H27NO2. The van der Waals surface area contributed by atoms with Crippen LogP contribution in [0.5, 0.6) is 11.5 Å². The molecule has 0 saturated carbocycles. The van der Waals surface area contributed by atoms with E-state index < -0.39 is 0 Å². The highest BCUT2D eigenvalue weighted by atomic mass is 16.5. The fourth-order valence-electron chi connectivity index (χ4n) is 3.58. The van der Waals surface area contributed by atoms with Gasteiger partial charge in [-0.05, 0) is 53.8 Å². The van der Waals surface area contributed by atoms with E-state index in [9.17, 15) is 0 Å². The topological polar surface area (TPSA) is 44.5 Å². The summed E-state index contributed by atoms with van der Waals surface area (Å²) in [7, 11) is 3.43. The molecule has 3 heteroatoms. The van der Waals surface area contributed by atoms with Crippen LogP contribution >= 0.6 is 0 Å².